The Labute approximate surface area is 142 Å². The molecule has 1 aromatic carbocycles. The van der Waals surface area contributed by atoms with Gasteiger partial charge in [-0.2, -0.15) is 35.1 Å². The van der Waals surface area contributed by atoms with Crippen LogP contribution in [0.25, 0.3) is 0 Å². The van der Waals surface area contributed by atoms with E-state index in [9.17, 15) is 44.6 Å². The van der Waals surface area contributed by atoms with E-state index in [-0.39, 0.29) is 17.5 Å². The summed E-state index contributed by atoms with van der Waals surface area (Å²) in [6.07, 6.45) is -2.20. The van der Waals surface area contributed by atoms with E-state index in [1.165, 1.54) is 18.2 Å². The number of hydrogen-bond donors (Lipinski definition) is 1. The van der Waals surface area contributed by atoms with Crippen molar-refractivity contribution in [3.05, 3.63) is 35.4 Å². The van der Waals surface area contributed by atoms with Gasteiger partial charge in [0.1, 0.15) is 0 Å². The fourth-order valence-electron chi connectivity index (χ4n) is 3.23. The van der Waals surface area contributed by atoms with Gasteiger partial charge in [-0.15, -0.1) is 0 Å². The molecular formula is C16H15F9O. The van der Waals surface area contributed by atoms with Crippen molar-refractivity contribution < 1.29 is 44.6 Å². The molecule has 1 aliphatic carbocycles. The summed E-state index contributed by atoms with van der Waals surface area (Å²) < 4.78 is 123. The fraction of sp³-hybridized carbons (Fsp3) is 0.625. The Morgan fingerprint density at radius 3 is 1.65 bits per heavy atom. The zero-order chi connectivity index (χ0) is 20.4. The Morgan fingerprint density at radius 1 is 0.808 bits per heavy atom. The van der Waals surface area contributed by atoms with Crippen molar-refractivity contribution >= 4 is 0 Å². The Morgan fingerprint density at radius 2 is 1.23 bits per heavy atom. The van der Waals surface area contributed by atoms with Crippen molar-refractivity contribution in [2.45, 2.75) is 61.6 Å². The lowest BCUT2D eigenvalue weighted by Crippen LogP contribution is -2.57. The van der Waals surface area contributed by atoms with Gasteiger partial charge in [-0.25, -0.2) is 4.39 Å². The molecule has 0 bridgehead atoms. The SMILES string of the molecule is CCc1ccccc1C(C)(O)CC1(F)C(F)(F)C(F)(F)C(F)(F)C1(F)F. The van der Waals surface area contributed by atoms with Crippen LogP contribution in [0.15, 0.2) is 24.3 Å². The molecule has 0 amide bonds. The quantitative estimate of drug-likeness (QED) is 0.704. The molecule has 148 valence electrons. The summed E-state index contributed by atoms with van der Waals surface area (Å²) in [6.45, 7) is 2.17. The van der Waals surface area contributed by atoms with Gasteiger partial charge in [-0.1, -0.05) is 31.2 Å². The van der Waals surface area contributed by atoms with Gasteiger partial charge in [0.25, 0.3) is 5.67 Å². The third-order valence-electron chi connectivity index (χ3n) is 4.74. The molecule has 1 unspecified atom stereocenters. The summed E-state index contributed by atoms with van der Waals surface area (Å²) in [5, 5.41) is 10.3. The van der Waals surface area contributed by atoms with Crippen LogP contribution in [0.5, 0.6) is 0 Å². The van der Waals surface area contributed by atoms with Crippen LogP contribution >= 0.6 is 0 Å². The lowest BCUT2D eigenvalue weighted by atomic mass is 9.78. The number of alkyl halides is 9. The van der Waals surface area contributed by atoms with Crippen LogP contribution in [0.3, 0.4) is 0 Å². The average Bonchev–Trinajstić information content (AvgIpc) is 2.57. The Hall–Kier alpha value is -1.45. The summed E-state index contributed by atoms with van der Waals surface area (Å²) >= 11 is 0. The maximum atomic E-state index is 14.7. The second-order valence-electron chi connectivity index (χ2n) is 6.56. The molecule has 1 aromatic rings. The molecule has 0 heterocycles. The van der Waals surface area contributed by atoms with Gasteiger partial charge in [-0.05, 0) is 24.5 Å². The van der Waals surface area contributed by atoms with Crippen LogP contribution in [0.1, 0.15) is 31.4 Å². The van der Waals surface area contributed by atoms with Crippen LogP contribution in [-0.2, 0) is 12.0 Å². The van der Waals surface area contributed by atoms with E-state index in [2.05, 4.69) is 0 Å². The lowest BCUT2D eigenvalue weighted by Gasteiger charge is -2.37. The highest BCUT2D eigenvalue weighted by atomic mass is 19.4. The predicted molar refractivity (Wildman–Crippen MR) is 73.6 cm³/mol. The number of aliphatic hydroxyl groups is 1. The van der Waals surface area contributed by atoms with Crippen molar-refractivity contribution in [1.29, 1.82) is 0 Å². The molecule has 0 radical (unpaired) electrons. The molecule has 1 N–H and O–H groups in total. The normalized spacial score (nSPS) is 27.1. The molecule has 1 saturated carbocycles. The molecule has 10 heteroatoms. The lowest BCUT2D eigenvalue weighted by molar-refractivity contribution is -0.303. The van der Waals surface area contributed by atoms with E-state index in [4.69, 9.17) is 0 Å². The van der Waals surface area contributed by atoms with Crippen LogP contribution in [0.4, 0.5) is 39.5 Å². The first kappa shape index (κ1) is 20.9. The first-order chi connectivity index (χ1) is 11.5. The van der Waals surface area contributed by atoms with E-state index >= 15 is 0 Å². The molecule has 26 heavy (non-hydrogen) atoms. The number of aryl methyl sites for hydroxylation is 1. The Balaban J connectivity index is 2.63. The van der Waals surface area contributed by atoms with Crippen molar-refractivity contribution in [3.63, 3.8) is 0 Å². The van der Waals surface area contributed by atoms with Crippen molar-refractivity contribution in [2.75, 3.05) is 0 Å². The van der Waals surface area contributed by atoms with Crippen LogP contribution in [0.2, 0.25) is 0 Å². The molecule has 1 fully saturated rings. The van der Waals surface area contributed by atoms with Crippen molar-refractivity contribution in [3.8, 4) is 0 Å². The summed E-state index contributed by atoms with van der Waals surface area (Å²) in [5.74, 6) is -26.1. The minimum absolute atomic E-state index is 0.157. The Kier molecular flexibility index (Phi) is 4.43. The standard InChI is InChI=1S/C16H15F9O/c1-3-9-6-4-5-7-10(9)11(2,26)8-12(17)13(18,19)15(22,23)16(24,25)14(12,20)21/h4-7,26H,3,8H2,1-2H3. The molecule has 1 nitrogen and oxygen atoms in total. The van der Waals surface area contributed by atoms with Gasteiger partial charge in [0.2, 0.25) is 0 Å². The highest BCUT2D eigenvalue weighted by Crippen LogP contribution is 2.70. The third-order valence-corrected chi connectivity index (χ3v) is 4.74. The molecule has 0 aliphatic heterocycles. The van der Waals surface area contributed by atoms with Crippen molar-refractivity contribution in [2.24, 2.45) is 0 Å². The van der Waals surface area contributed by atoms with Gasteiger partial charge < -0.3 is 5.11 Å². The second-order valence-corrected chi connectivity index (χ2v) is 6.56. The highest BCUT2D eigenvalue weighted by Gasteiger charge is 3.00. The molecule has 0 aromatic heterocycles. The Bertz CT molecular complexity index is 671. The summed E-state index contributed by atoms with van der Waals surface area (Å²) in [5.41, 5.74) is -8.60. The molecule has 2 rings (SSSR count). The van der Waals surface area contributed by atoms with E-state index in [1.807, 2.05) is 0 Å². The van der Waals surface area contributed by atoms with Crippen LogP contribution < -0.4 is 0 Å². The molecule has 0 spiro atoms. The minimum Gasteiger partial charge on any atom is -0.385 e. The van der Waals surface area contributed by atoms with Crippen LogP contribution in [-0.4, -0.2) is 34.5 Å². The average molecular weight is 394 g/mol. The summed E-state index contributed by atoms with van der Waals surface area (Å²) in [6, 6.07) is 5.17. The van der Waals surface area contributed by atoms with E-state index in [0.717, 1.165) is 6.07 Å². The fourth-order valence-corrected chi connectivity index (χ4v) is 3.23. The van der Waals surface area contributed by atoms with Gasteiger partial charge >= 0.3 is 23.7 Å². The molecule has 1 atom stereocenters. The maximum absolute atomic E-state index is 14.7. The minimum atomic E-state index is -6.64. The molecule has 1 aliphatic rings. The number of rotatable bonds is 4. The van der Waals surface area contributed by atoms with Gasteiger partial charge in [0, 0.05) is 6.42 Å². The van der Waals surface area contributed by atoms with Gasteiger partial charge in [-0.3, -0.25) is 0 Å². The van der Waals surface area contributed by atoms with E-state index in [1.54, 1.807) is 6.92 Å². The smallest absolute Gasteiger partial charge is 0.381 e. The number of hydrogen-bond acceptors (Lipinski definition) is 1. The largest absolute Gasteiger partial charge is 0.385 e. The third kappa shape index (κ3) is 2.23. The van der Waals surface area contributed by atoms with Crippen LogP contribution in [0, 0.1) is 0 Å². The number of benzene rings is 1. The van der Waals surface area contributed by atoms with Gasteiger partial charge in [0.05, 0.1) is 5.60 Å². The summed E-state index contributed by atoms with van der Waals surface area (Å²) in [7, 11) is 0. The zero-order valence-electron chi connectivity index (χ0n) is 13.6. The predicted octanol–water partition coefficient (Wildman–Crippen LogP) is 5.11. The number of halogens is 9. The highest BCUT2D eigenvalue weighted by molar-refractivity contribution is 5.35. The monoisotopic (exact) mass is 394 g/mol. The summed E-state index contributed by atoms with van der Waals surface area (Å²) in [4.78, 5) is 0. The topological polar surface area (TPSA) is 20.2 Å². The second kappa shape index (κ2) is 5.53. The molecular weight excluding hydrogens is 379 g/mol. The van der Waals surface area contributed by atoms with Crippen molar-refractivity contribution in [1.82, 2.24) is 0 Å². The zero-order valence-corrected chi connectivity index (χ0v) is 13.6. The first-order valence-corrected chi connectivity index (χ1v) is 7.52. The van der Waals surface area contributed by atoms with E-state index in [0.29, 0.717) is 6.92 Å². The van der Waals surface area contributed by atoms with E-state index < -0.39 is 41.4 Å². The first-order valence-electron chi connectivity index (χ1n) is 7.52. The van der Waals surface area contributed by atoms with Gasteiger partial charge in [0.15, 0.2) is 0 Å². The maximum Gasteiger partial charge on any atom is 0.381 e. The molecule has 0 saturated heterocycles.